The highest BCUT2D eigenvalue weighted by Gasteiger charge is 2.28. The lowest BCUT2D eigenvalue weighted by molar-refractivity contribution is 0.256. The first-order valence-electron chi connectivity index (χ1n) is 8.62. The Hall–Kier alpha value is -2.53. The molecule has 1 aromatic heterocycles. The highest BCUT2D eigenvalue weighted by atomic mass is 35.5. The maximum atomic E-state index is 12.9. The molecule has 28 heavy (non-hydrogen) atoms. The quantitative estimate of drug-likeness (QED) is 0.652. The van der Waals surface area contributed by atoms with E-state index >= 15 is 0 Å². The van der Waals surface area contributed by atoms with Crippen molar-refractivity contribution in [3.8, 4) is 5.95 Å². The zero-order chi connectivity index (χ0) is 20.1. The van der Waals surface area contributed by atoms with Crippen molar-refractivity contribution in [3.05, 3.63) is 75.8 Å². The zero-order valence-electron chi connectivity index (χ0n) is 15.4. The lowest BCUT2D eigenvalue weighted by atomic mass is 10.00. The van der Waals surface area contributed by atoms with Crippen molar-refractivity contribution in [2.24, 2.45) is 0 Å². The minimum absolute atomic E-state index is 0.110. The Morgan fingerprint density at radius 3 is 2.68 bits per heavy atom. The first-order chi connectivity index (χ1) is 13.4. The molecule has 1 aliphatic rings. The number of hydrogen-bond donors (Lipinski definition) is 1. The van der Waals surface area contributed by atoms with Crippen molar-refractivity contribution in [2.75, 3.05) is 7.11 Å². The fourth-order valence-electron chi connectivity index (χ4n) is 2.86. The van der Waals surface area contributed by atoms with Crippen LogP contribution < -0.4 is 9.46 Å². The maximum Gasteiger partial charge on any atom is 0.314 e. The first kappa shape index (κ1) is 20.2. The van der Waals surface area contributed by atoms with Gasteiger partial charge in [-0.3, -0.25) is 0 Å². The van der Waals surface area contributed by atoms with Crippen molar-refractivity contribution in [2.45, 2.75) is 30.7 Å². The van der Waals surface area contributed by atoms with Gasteiger partial charge in [0, 0.05) is 17.0 Å². The molecule has 0 fully saturated rings. The number of methoxy groups -OCH3 is 1. The number of allylic oxidation sites excluding steroid dienone is 3. The summed E-state index contributed by atoms with van der Waals surface area (Å²) in [5, 5.41) is 4.53. The second kappa shape index (κ2) is 8.65. The number of benzene rings is 1. The molecule has 1 N–H and O–H groups in total. The second-order valence-corrected chi connectivity index (χ2v) is 8.19. The number of sulfonamides is 1. The van der Waals surface area contributed by atoms with E-state index in [1.165, 1.54) is 31.4 Å². The van der Waals surface area contributed by atoms with Gasteiger partial charge in [0.2, 0.25) is 10.0 Å². The number of nitrogens with one attached hydrogen (secondary N) is 1. The fraction of sp³-hybridized carbons (Fsp3) is 0.250. The van der Waals surface area contributed by atoms with E-state index in [0.29, 0.717) is 29.1 Å². The van der Waals surface area contributed by atoms with Gasteiger partial charge in [0.05, 0.1) is 23.6 Å². The molecule has 0 amide bonds. The number of ether oxygens (including phenoxy) is 1. The number of nitrogens with zero attached hydrogens (tertiary/aromatic N) is 1. The van der Waals surface area contributed by atoms with Crippen molar-refractivity contribution in [3.63, 3.8) is 0 Å². The largest absolute Gasteiger partial charge is 0.467 e. The average Bonchev–Trinajstić information content (AvgIpc) is 3.11. The van der Waals surface area contributed by atoms with Gasteiger partial charge in [0.1, 0.15) is 5.69 Å². The molecule has 0 bridgehead atoms. The number of rotatable bonds is 8. The second-order valence-electron chi connectivity index (χ2n) is 6.04. The highest BCUT2D eigenvalue weighted by Crippen LogP contribution is 2.32. The summed E-state index contributed by atoms with van der Waals surface area (Å²) in [4.78, 5) is 0.110. The van der Waals surface area contributed by atoms with Gasteiger partial charge in [-0.2, -0.15) is 0 Å². The molecular weight excluding hydrogens is 400 g/mol. The van der Waals surface area contributed by atoms with Gasteiger partial charge in [-0.25, -0.2) is 13.1 Å². The molecule has 1 aliphatic carbocycles. The molecule has 146 valence electrons. The molecule has 3 rings (SSSR count). The molecule has 0 radical (unpaired) electrons. The SMILES string of the molecule is CCc1c([C@@H](CC2=C=C=CC=C2)NS(=O)(=O)c2ccc(Cl)cc2)noc1OC. The van der Waals surface area contributed by atoms with Crippen molar-refractivity contribution in [1.82, 2.24) is 9.88 Å². The highest BCUT2D eigenvalue weighted by molar-refractivity contribution is 7.89. The van der Waals surface area contributed by atoms with Crippen molar-refractivity contribution in [1.29, 1.82) is 0 Å². The monoisotopic (exact) mass is 418 g/mol. The van der Waals surface area contributed by atoms with Gasteiger partial charge in [0.25, 0.3) is 0 Å². The van der Waals surface area contributed by atoms with Gasteiger partial charge in [-0.15, -0.1) is 0 Å². The number of halogens is 1. The molecule has 1 aromatic carbocycles. The molecule has 0 saturated carbocycles. The van der Waals surface area contributed by atoms with Crippen LogP contribution in [0.5, 0.6) is 5.95 Å². The summed E-state index contributed by atoms with van der Waals surface area (Å²) in [6.45, 7) is 1.92. The third-order valence-electron chi connectivity index (χ3n) is 4.21. The Kier molecular flexibility index (Phi) is 6.25. The minimum atomic E-state index is -3.82. The predicted molar refractivity (Wildman–Crippen MR) is 106 cm³/mol. The summed E-state index contributed by atoms with van der Waals surface area (Å²) in [5.74, 6) is 0.275. The minimum Gasteiger partial charge on any atom is -0.467 e. The molecule has 8 heteroatoms. The summed E-state index contributed by atoms with van der Waals surface area (Å²) in [6, 6.07) is 5.29. The molecule has 0 unspecified atom stereocenters. The summed E-state index contributed by atoms with van der Waals surface area (Å²) >= 11 is 5.87. The zero-order valence-corrected chi connectivity index (χ0v) is 17.0. The van der Waals surface area contributed by atoms with Crippen LogP contribution in [0.1, 0.15) is 30.6 Å². The van der Waals surface area contributed by atoms with Gasteiger partial charge in [0.15, 0.2) is 0 Å². The molecular formula is C20H19ClN2O4S. The maximum absolute atomic E-state index is 12.9. The van der Waals surface area contributed by atoms with Crippen LogP contribution in [0.3, 0.4) is 0 Å². The Balaban J connectivity index is 2.00. The smallest absolute Gasteiger partial charge is 0.314 e. The van der Waals surface area contributed by atoms with Crippen LogP contribution >= 0.6 is 11.6 Å². The average molecular weight is 419 g/mol. The molecule has 0 saturated heterocycles. The van der Waals surface area contributed by atoms with E-state index in [0.717, 1.165) is 5.57 Å². The Bertz CT molecular complexity index is 1090. The van der Waals surface area contributed by atoms with E-state index < -0.39 is 16.1 Å². The van der Waals surface area contributed by atoms with Gasteiger partial charge in [-0.1, -0.05) is 41.2 Å². The topological polar surface area (TPSA) is 81.4 Å². The van der Waals surface area contributed by atoms with Crippen molar-refractivity contribution >= 4 is 21.6 Å². The van der Waals surface area contributed by atoms with Crippen LogP contribution in [0.4, 0.5) is 0 Å². The summed E-state index contributed by atoms with van der Waals surface area (Å²) in [5.41, 5.74) is 7.85. The van der Waals surface area contributed by atoms with Gasteiger partial charge < -0.3 is 9.26 Å². The van der Waals surface area contributed by atoms with E-state index in [1.807, 2.05) is 19.1 Å². The fourth-order valence-corrected chi connectivity index (χ4v) is 4.18. The summed E-state index contributed by atoms with van der Waals surface area (Å²) < 4.78 is 39.0. The van der Waals surface area contributed by atoms with E-state index in [-0.39, 0.29) is 10.8 Å². The molecule has 1 atom stereocenters. The van der Waals surface area contributed by atoms with Crippen LogP contribution in [0.2, 0.25) is 5.02 Å². The lowest BCUT2D eigenvalue weighted by Crippen LogP contribution is -2.30. The first-order valence-corrected chi connectivity index (χ1v) is 10.5. The molecule has 0 aliphatic heterocycles. The molecule has 1 heterocycles. The number of hydrogen-bond acceptors (Lipinski definition) is 5. The normalized spacial score (nSPS) is 14.2. The van der Waals surface area contributed by atoms with Crippen LogP contribution in [-0.4, -0.2) is 20.7 Å². The van der Waals surface area contributed by atoms with E-state index in [9.17, 15) is 8.42 Å². The van der Waals surface area contributed by atoms with E-state index in [2.05, 4.69) is 21.3 Å². The Morgan fingerprint density at radius 1 is 1.32 bits per heavy atom. The summed E-state index contributed by atoms with van der Waals surface area (Å²) in [6.07, 6.45) is 6.30. The lowest BCUT2D eigenvalue weighted by Gasteiger charge is -2.18. The molecule has 0 spiro atoms. The van der Waals surface area contributed by atoms with Gasteiger partial charge >= 0.3 is 5.95 Å². The Labute approximate surface area is 168 Å². The van der Waals surface area contributed by atoms with Crippen molar-refractivity contribution < 1.29 is 17.7 Å². The third-order valence-corrected chi connectivity index (χ3v) is 5.95. The molecule has 2 aromatic rings. The predicted octanol–water partition coefficient (Wildman–Crippen LogP) is 4.12. The molecule has 6 nitrogen and oxygen atoms in total. The Morgan fingerprint density at radius 2 is 2.07 bits per heavy atom. The van der Waals surface area contributed by atoms with E-state index in [4.69, 9.17) is 20.9 Å². The van der Waals surface area contributed by atoms with Crippen LogP contribution in [-0.2, 0) is 16.4 Å². The standard InChI is InChI=1S/C20H19ClN2O4S/c1-3-17-19(22-27-20(17)26-2)18(13-14-7-5-4-6-8-14)23-28(24,25)16-11-9-15(21)10-12-16/h4-5,7,9-12,18,23H,3,13H2,1-2H3/t18-/m1/s1. The van der Waals surface area contributed by atoms with E-state index in [1.54, 1.807) is 6.08 Å². The number of aromatic nitrogens is 1. The van der Waals surface area contributed by atoms with Crippen LogP contribution in [0, 0.1) is 0 Å². The van der Waals surface area contributed by atoms with Crippen LogP contribution in [0.15, 0.2) is 68.9 Å². The van der Waals surface area contributed by atoms with Gasteiger partial charge in [-0.05, 0) is 42.8 Å². The van der Waals surface area contributed by atoms with Crippen LogP contribution in [0.25, 0.3) is 0 Å². The summed E-state index contributed by atoms with van der Waals surface area (Å²) in [7, 11) is -2.34. The third kappa shape index (κ3) is 4.47.